The van der Waals surface area contributed by atoms with Gasteiger partial charge in [-0.2, -0.15) is 0 Å². The van der Waals surface area contributed by atoms with Gasteiger partial charge in [0.1, 0.15) is 11.6 Å². The Hall–Kier alpha value is -1.63. The van der Waals surface area contributed by atoms with Crippen LogP contribution in [0.15, 0.2) is 16.0 Å². The summed E-state index contributed by atoms with van der Waals surface area (Å²) >= 11 is 1.63. The van der Waals surface area contributed by atoms with Gasteiger partial charge in [0.15, 0.2) is 5.16 Å². The highest BCUT2D eigenvalue weighted by molar-refractivity contribution is 7.98. The first-order valence-electron chi connectivity index (χ1n) is 7.35. The third kappa shape index (κ3) is 2.74. The highest BCUT2D eigenvalue weighted by atomic mass is 32.2. The molecule has 2 aromatic rings. The average molecular weight is 303 g/mol. The second-order valence-electron chi connectivity index (χ2n) is 5.83. The molecule has 7 heteroatoms. The third-order valence-electron chi connectivity index (χ3n) is 3.81. The highest BCUT2D eigenvalue weighted by Crippen LogP contribution is 2.46. The Morgan fingerprint density at radius 2 is 2.14 bits per heavy atom. The van der Waals surface area contributed by atoms with Crippen LogP contribution >= 0.6 is 11.8 Å². The van der Waals surface area contributed by atoms with E-state index in [4.69, 9.17) is 0 Å². The van der Waals surface area contributed by atoms with E-state index in [9.17, 15) is 4.79 Å². The first-order chi connectivity index (χ1) is 10.2. The van der Waals surface area contributed by atoms with Crippen LogP contribution in [-0.2, 0) is 5.75 Å². The Kier molecular flexibility index (Phi) is 3.10. The summed E-state index contributed by atoms with van der Waals surface area (Å²) in [4.78, 5) is 18.5. The number of aromatic amines is 1. The molecule has 0 atom stereocenters. The normalized spacial score (nSPS) is 18.1. The summed E-state index contributed by atoms with van der Waals surface area (Å²) in [6.07, 6.45) is 4.94. The van der Waals surface area contributed by atoms with E-state index >= 15 is 0 Å². The van der Waals surface area contributed by atoms with Crippen LogP contribution in [0, 0.1) is 6.92 Å². The van der Waals surface area contributed by atoms with Gasteiger partial charge < -0.3 is 9.55 Å². The quantitative estimate of drug-likeness (QED) is 0.857. The van der Waals surface area contributed by atoms with Crippen molar-refractivity contribution in [2.24, 2.45) is 0 Å². The summed E-state index contributed by atoms with van der Waals surface area (Å²) in [7, 11) is 0. The fourth-order valence-corrected chi connectivity index (χ4v) is 3.44. The second kappa shape index (κ2) is 4.98. The number of aryl methyl sites for hydroxylation is 1. The largest absolute Gasteiger partial charge is 0.311 e. The summed E-state index contributed by atoms with van der Waals surface area (Å²) in [5.41, 5.74) is 0.694. The van der Waals surface area contributed by atoms with Crippen molar-refractivity contribution < 1.29 is 0 Å². The van der Waals surface area contributed by atoms with E-state index in [1.807, 2.05) is 0 Å². The molecular formula is C14H17N5OS. The summed E-state index contributed by atoms with van der Waals surface area (Å²) in [5, 5.41) is 9.72. The lowest BCUT2D eigenvalue weighted by atomic mass is 10.4. The summed E-state index contributed by atoms with van der Waals surface area (Å²) in [5.74, 6) is 3.09. The Bertz CT molecular complexity index is 729. The number of nitrogens with zero attached hydrogens (tertiary/aromatic N) is 4. The third-order valence-corrected chi connectivity index (χ3v) is 4.78. The van der Waals surface area contributed by atoms with Gasteiger partial charge >= 0.3 is 0 Å². The van der Waals surface area contributed by atoms with Crippen LogP contribution in [0.4, 0.5) is 0 Å². The topological polar surface area (TPSA) is 76.5 Å². The maximum absolute atomic E-state index is 11.5. The Labute approximate surface area is 126 Å². The van der Waals surface area contributed by atoms with Crippen molar-refractivity contribution in [2.75, 3.05) is 0 Å². The zero-order valence-corrected chi connectivity index (χ0v) is 12.7. The molecule has 2 aliphatic rings. The van der Waals surface area contributed by atoms with E-state index in [-0.39, 0.29) is 5.56 Å². The molecule has 4 rings (SSSR count). The van der Waals surface area contributed by atoms with Gasteiger partial charge in [0.2, 0.25) is 0 Å². The smallest absolute Gasteiger partial charge is 0.251 e. The molecule has 0 radical (unpaired) electrons. The summed E-state index contributed by atoms with van der Waals surface area (Å²) in [6, 6.07) is 2.14. The number of H-pyrrole nitrogens is 1. The number of rotatable bonds is 5. The molecule has 2 aromatic heterocycles. The molecule has 0 unspecified atom stereocenters. The predicted octanol–water partition coefficient (Wildman–Crippen LogP) is 2.17. The van der Waals surface area contributed by atoms with Gasteiger partial charge in [0, 0.05) is 23.8 Å². The molecule has 0 spiro atoms. The van der Waals surface area contributed by atoms with E-state index in [2.05, 4.69) is 24.7 Å². The standard InChI is InChI=1S/C14H17N5OS/c1-8-15-10(6-12(20)16-8)7-21-14-18-17-13(9-2-3-9)19(14)11-4-5-11/h6,9,11H,2-5,7H2,1H3,(H,15,16,20). The molecule has 0 bridgehead atoms. The van der Waals surface area contributed by atoms with Crippen LogP contribution in [-0.4, -0.2) is 24.7 Å². The molecule has 2 saturated carbocycles. The Morgan fingerprint density at radius 3 is 2.81 bits per heavy atom. The van der Waals surface area contributed by atoms with Crippen molar-refractivity contribution in [1.82, 2.24) is 24.7 Å². The van der Waals surface area contributed by atoms with Crippen molar-refractivity contribution in [3.8, 4) is 0 Å². The summed E-state index contributed by atoms with van der Waals surface area (Å²) < 4.78 is 2.32. The number of hydrogen-bond donors (Lipinski definition) is 1. The number of nitrogens with one attached hydrogen (secondary N) is 1. The lowest BCUT2D eigenvalue weighted by Gasteiger charge is -2.07. The van der Waals surface area contributed by atoms with Crippen LogP contribution in [0.25, 0.3) is 0 Å². The van der Waals surface area contributed by atoms with Crippen LogP contribution < -0.4 is 5.56 Å². The molecule has 110 valence electrons. The minimum Gasteiger partial charge on any atom is -0.311 e. The monoisotopic (exact) mass is 303 g/mol. The molecule has 0 aromatic carbocycles. The molecule has 2 fully saturated rings. The molecular weight excluding hydrogens is 286 g/mol. The van der Waals surface area contributed by atoms with E-state index in [0.29, 0.717) is 23.5 Å². The lowest BCUT2D eigenvalue weighted by Crippen LogP contribution is -2.10. The molecule has 2 heterocycles. The van der Waals surface area contributed by atoms with Crippen LogP contribution in [0.1, 0.15) is 55.0 Å². The Balaban J connectivity index is 1.55. The van der Waals surface area contributed by atoms with Gasteiger partial charge in [-0.15, -0.1) is 10.2 Å². The van der Waals surface area contributed by atoms with Crippen LogP contribution in [0.5, 0.6) is 0 Å². The fourth-order valence-electron chi connectivity index (χ4n) is 2.54. The SMILES string of the molecule is Cc1nc(CSc2nnc(C3CC3)n2C2CC2)cc(=O)[nH]1. The maximum atomic E-state index is 11.5. The van der Waals surface area contributed by atoms with Gasteiger partial charge in [-0.3, -0.25) is 4.79 Å². The molecule has 0 aliphatic heterocycles. The molecule has 6 nitrogen and oxygen atoms in total. The van der Waals surface area contributed by atoms with Crippen molar-refractivity contribution >= 4 is 11.8 Å². The van der Waals surface area contributed by atoms with Crippen LogP contribution in [0.3, 0.4) is 0 Å². The van der Waals surface area contributed by atoms with Crippen molar-refractivity contribution in [3.63, 3.8) is 0 Å². The lowest BCUT2D eigenvalue weighted by molar-refractivity contribution is 0.627. The zero-order valence-electron chi connectivity index (χ0n) is 11.9. The molecule has 21 heavy (non-hydrogen) atoms. The minimum absolute atomic E-state index is 0.0968. The van der Waals surface area contributed by atoms with Crippen molar-refractivity contribution in [1.29, 1.82) is 0 Å². The van der Waals surface area contributed by atoms with Gasteiger partial charge in [-0.25, -0.2) is 4.98 Å². The number of thioether (sulfide) groups is 1. The zero-order chi connectivity index (χ0) is 14.4. The molecule has 0 saturated heterocycles. The maximum Gasteiger partial charge on any atom is 0.251 e. The minimum atomic E-state index is -0.0968. The van der Waals surface area contributed by atoms with E-state index in [1.165, 1.54) is 25.7 Å². The van der Waals surface area contributed by atoms with E-state index in [0.717, 1.165) is 16.7 Å². The molecule has 0 amide bonds. The highest BCUT2D eigenvalue weighted by Gasteiger charge is 2.36. The van der Waals surface area contributed by atoms with E-state index < -0.39 is 0 Å². The second-order valence-corrected chi connectivity index (χ2v) is 6.77. The fraction of sp³-hybridized carbons (Fsp3) is 0.571. The predicted molar refractivity (Wildman–Crippen MR) is 79.4 cm³/mol. The molecule has 2 aliphatic carbocycles. The van der Waals surface area contributed by atoms with Crippen molar-refractivity contribution in [3.05, 3.63) is 33.8 Å². The first kappa shape index (κ1) is 13.1. The van der Waals surface area contributed by atoms with Gasteiger partial charge in [-0.05, 0) is 32.6 Å². The number of aromatic nitrogens is 5. The van der Waals surface area contributed by atoms with Crippen LogP contribution in [0.2, 0.25) is 0 Å². The average Bonchev–Trinajstić information content (AvgIpc) is 3.34. The van der Waals surface area contributed by atoms with Gasteiger partial charge in [0.05, 0.1) is 5.69 Å². The van der Waals surface area contributed by atoms with Crippen molar-refractivity contribution in [2.45, 2.75) is 55.5 Å². The van der Waals surface area contributed by atoms with E-state index in [1.54, 1.807) is 24.8 Å². The number of hydrogen-bond acceptors (Lipinski definition) is 5. The summed E-state index contributed by atoms with van der Waals surface area (Å²) in [6.45, 7) is 1.80. The van der Waals surface area contributed by atoms with Gasteiger partial charge in [-0.1, -0.05) is 11.8 Å². The van der Waals surface area contributed by atoms with Gasteiger partial charge in [0.25, 0.3) is 5.56 Å². The Morgan fingerprint density at radius 1 is 1.33 bits per heavy atom. The first-order valence-corrected chi connectivity index (χ1v) is 8.33. The molecule has 1 N–H and O–H groups in total.